The maximum atomic E-state index is 12.5. The van der Waals surface area contributed by atoms with E-state index in [1.807, 2.05) is 11.8 Å². The van der Waals surface area contributed by atoms with Gasteiger partial charge in [-0.25, -0.2) is 0 Å². The maximum absolute atomic E-state index is 12.5. The summed E-state index contributed by atoms with van der Waals surface area (Å²) < 4.78 is 0. The minimum atomic E-state index is -0.361. The molecule has 0 aromatic rings. The lowest BCUT2D eigenvalue weighted by Gasteiger charge is -2.40. The highest BCUT2D eigenvalue weighted by Gasteiger charge is 2.36. The van der Waals surface area contributed by atoms with Crippen LogP contribution in [-0.2, 0) is 4.79 Å². The van der Waals surface area contributed by atoms with Crippen molar-refractivity contribution in [3.8, 4) is 0 Å². The Bertz CT molecular complexity index is 301. The first kappa shape index (κ1) is 14.8. The molecule has 2 heterocycles. The van der Waals surface area contributed by atoms with Crippen LogP contribution in [0.4, 0.5) is 0 Å². The third kappa shape index (κ3) is 3.11. The van der Waals surface area contributed by atoms with E-state index >= 15 is 0 Å². The van der Waals surface area contributed by atoms with Crippen molar-refractivity contribution in [3.05, 3.63) is 0 Å². The lowest BCUT2D eigenvalue weighted by Crippen LogP contribution is -2.51. The molecule has 1 unspecified atom stereocenters. The molecular weight excluding hydrogens is 238 g/mol. The minimum absolute atomic E-state index is 0.261. The van der Waals surface area contributed by atoms with Crippen LogP contribution >= 0.6 is 0 Å². The molecule has 0 aromatic heterocycles. The van der Waals surface area contributed by atoms with Crippen LogP contribution in [0.1, 0.15) is 46.0 Å². The van der Waals surface area contributed by atoms with Crippen molar-refractivity contribution in [2.75, 3.05) is 32.7 Å². The maximum Gasteiger partial charge on any atom is 0.229 e. The molecule has 4 nitrogen and oxygen atoms in total. The van der Waals surface area contributed by atoms with Gasteiger partial charge in [0.1, 0.15) is 0 Å². The standard InChI is InChI=1S/C15H29N3O/c1-3-15(2,12-16)14(19)18-10-6-13(7-11-18)17-8-4-5-9-17/h13H,3-12,16H2,1-2H3. The van der Waals surface area contributed by atoms with Crippen LogP contribution in [0, 0.1) is 5.41 Å². The number of nitrogens with zero attached hydrogens (tertiary/aromatic N) is 2. The Morgan fingerprint density at radius 2 is 1.79 bits per heavy atom. The molecule has 0 spiro atoms. The van der Waals surface area contributed by atoms with Crippen molar-refractivity contribution in [2.45, 2.75) is 52.0 Å². The summed E-state index contributed by atoms with van der Waals surface area (Å²) in [6.45, 7) is 8.85. The number of piperidine rings is 1. The summed E-state index contributed by atoms with van der Waals surface area (Å²) in [7, 11) is 0. The fourth-order valence-electron chi connectivity index (χ4n) is 3.31. The summed E-state index contributed by atoms with van der Waals surface area (Å²) in [5, 5.41) is 0. The third-order valence-electron chi connectivity index (χ3n) is 5.16. The van der Waals surface area contributed by atoms with Gasteiger partial charge >= 0.3 is 0 Å². The van der Waals surface area contributed by atoms with E-state index in [2.05, 4.69) is 11.8 Å². The van der Waals surface area contributed by atoms with Crippen molar-refractivity contribution >= 4 is 5.91 Å². The normalized spacial score (nSPS) is 25.5. The molecule has 0 radical (unpaired) electrons. The van der Waals surface area contributed by atoms with E-state index in [4.69, 9.17) is 5.73 Å². The fourth-order valence-corrected chi connectivity index (χ4v) is 3.31. The summed E-state index contributed by atoms with van der Waals surface area (Å²) in [5.41, 5.74) is 5.44. The van der Waals surface area contributed by atoms with Gasteiger partial charge in [0.15, 0.2) is 0 Å². The molecule has 110 valence electrons. The molecule has 1 amide bonds. The average Bonchev–Trinajstić information content (AvgIpc) is 3.00. The van der Waals surface area contributed by atoms with Gasteiger partial charge in [-0.1, -0.05) is 6.92 Å². The van der Waals surface area contributed by atoms with Gasteiger partial charge in [-0.15, -0.1) is 0 Å². The predicted molar refractivity (Wildman–Crippen MR) is 77.9 cm³/mol. The predicted octanol–water partition coefficient (Wildman–Crippen LogP) is 1.45. The van der Waals surface area contributed by atoms with Gasteiger partial charge in [-0.05, 0) is 52.1 Å². The first-order valence-electron chi connectivity index (χ1n) is 7.84. The molecular formula is C15H29N3O. The summed E-state index contributed by atoms with van der Waals surface area (Å²) >= 11 is 0. The van der Waals surface area contributed by atoms with E-state index in [1.165, 1.54) is 25.9 Å². The number of hydrogen-bond donors (Lipinski definition) is 1. The van der Waals surface area contributed by atoms with E-state index in [-0.39, 0.29) is 11.3 Å². The molecule has 0 aromatic carbocycles. The molecule has 0 bridgehead atoms. The van der Waals surface area contributed by atoms with Gasteiger partial charge in [-0.2, -0.15) is 0 Å². The summed E-state index contributed by atoms with van der Waals surface area (Å²) in [6, 6.07) is 0.706. The Labute approximate surface area is 117 Å². The molecule has 2 saturated heterocycles. The summed E-state index contributed by atoms with van der Waals surface area (Å²) in [5.74, 6) is 0.261. The Morgan fingerprint density at radius 1 is 1.21 bits per heavy atom. The van der Waals surface area contributed by atoms with E-state index in [9.17, 15) is 4.79 Å². The van der Waals surface area contributed by atoms with Crippen molar-refractivity contribution < 1.29 is 4.79 Å². The Morgan fingerprint density at radius 3 is 2.26 bits per heavy atom. The number of nitrogens with two attached hydrogens (primary N) is 1. The van der Waals surface area contributed by atoms with Crippen molar-refractivity contribution in [2.24, 2.45) is 11.1 Å². The molecule has 1 atom stereocenters. The zero-order valence-corrected chi connectivity index (χ0v) is 12.5. The van der Waals surface area contributed by atoms with Gasteiger partial charge in [0.05, 0.1) is 5.41 Å². The second-order valence-electron chi connectivity index (χ2n) is 6.38. The largest absolute Gasteiger partial charge is 0.342 e. The van der Waals surface area contributed by atoms with E-state index in [0.29, 0.717) is 12.6 Å². The van der Waals surface area contributed by atoms with Crippen molar-refractivity contribution in [3.63, 3.8) is 0 Å². The van der Waals surface area contributed by atoms with Crippen LogP contribution in [0.3, 0.4) is 0 Å². The molecule has 2 rings (SSSR count). The number of carbonyl (C=O) groups is 1. The topological polar surface area (TPSA) is 49.6 Å². The van der Waals surface area contributed by atoms with Crippen LogP contribution in [0.25, 0.3) is 0 Å². The second kappa shape index (κ2) is 6.23. The zero-order chi connectivity index (χ0) is 13.9. The van der Waals surface area contributed by atoms with Gasteiger partial charge in [0.25, 0.3) is 0 Å². The number of hydrogen-bond acceptors (Lipinski definition) is 3. The Balaban J connectivity index is 1.87. The highest BCUT2D eigenvalue weighted by Crippen LogP contribution is 2.27. The quantitative estimate of drug-likeness (QED) is 0.838. The van der Waals surface area contributed by atoms with Gasteiger partial charge in [0.2, 0.25) is 5.91 Å². The van der Waals surface area contributed by atoms with Crippen molar-refractivity contribution in [1.82, 2.24) is 9.80 Å². The lowest BCUT2D eigenvalue weighted by atomic mass is 9.85. The monoisotopic (exact) mass is 267 g/mol. The summed E-state index contributed by atoms with van der Waals surface area (Å²) in [6.07, 6.45) is 5.79. The van der Waals surface area contributed by atoms with Crippen LogP contribution in [0.15, 0.2) is 0 Å². The van der Waals surface area contributed by atoms with Crippen LogP contribution < -0.4 is 5.73 Å². The molecule has 19 heavy (non-hydrogen) atoms. The van der Waals surface area contributed by atoms with Crippen LogP contribution in [0.5, 0.6) is 0 Å². The number of likely N-dealkylation sites (tertiary alicyclic amines) is 2. The molecule has 2 aliphatic heterocycles. The average molecular weight is 267 g/mol. The van der Waals surface area contributed by atoms with E-state index in [0.717, 1.165) is 32.4 Å². The smallest absolute Gasteiger partial charge is 0.229 e. The second-order valence-corrected chi connectivity index (χ2v) is 6.38. The zero-order valence-electron chi connectivity index (χ0n) is 12.5. The molecule has 0 saturated carbocycles. The third-order valence-corrected chi connectivity index (χ3v) is 5.16. The first-order valence-corrected chi connectivity index (χ1v) is 7.84. The highest BCUT2D eigenvalue weighted by molar-refractivity contribution is 5.82. The van der Waals surface area contributed by atoms with Crippen molar-refractivity contribution in [1.29, 1.82) is 0 Å². The fraction of sp³-hybridized carbons (Fsp3) is 0.933. The first-order chi connectivity index (χ1) is 9.10. The van der Waals surface area contributed by atoms with E-state index < -0.39 is 0 Å². The van der Waals surface area contributed by atoms with Gasteiger partial charge in [-0.3, -0.25) is 4.79 Å². The number of amides is 1. The lowest BCUT2D eigenvalue weighted by molar-refractivity contribution is -0.142. The Kier molecular flexibility index (Phi) is 4.85. The van der Waals surface area contributed by atoms with Gasteiger partial charge < -0.3 is 15.5 Å². The molecule has 2 fully saturated rings. The molecule has 0 aliphatic carbocycles. The number of carbonyl (C=O) groups excluding carboxylic acids is 1. The van der Waals surface area contributed by atoms with Crippen LogP contribution in [-0.4, -0.2) is 54.5 Å². The molecule has 2 aliphatic rings. The minimum Gasteiger partial charge on any atom is -0.342 e. The molecule has 4 heteroatoms. The molecule has 2 N–H and O–H groups in total. The van der Waals surface area contributed by atoms with E-state index in [1.54, 1.807) is 0 Å². The SMILES string of the molecule is CCC(C)(CN)C(=O)N1CCC(N2CCCC2)CC1. The Hall–Kier alpha value is -0.610. The van der Waals surface area contributed by atoms with Gasteiger partial charge in [0, 0.05) is 25.7 Å². The summed E-state index contributed by atoms with van der Waals surface area (Å²) in [4.78, 5) is 17.2. The van der Waals surface area contributed by atoms with Crippen LogP contribution in [0.2, 0.25) is 0 Å². The highest BCUT2D eigenvalue weighted by atomic mass is 16.2. The number of rotatable bonds is 4.